The molecule has 25 heavy (non-hydrogen) atoms. The maximum absolute atomic E-state index is 12.6. The lowest BCUT2D eigenvalue weighted by Gasteiger charge is -2.38. The van der Waals surface area contributed by atoms with E-state index in [9.17, 15) is 9.90 Å². The van der Waals surface area contributed by atoms with Crippen LogP contribution in [0.3, 0.4) is 0 Å². The first kappa shape index (κ1) is 18.3. The summed E-state index contributed by atoms with van der Waals surface area (Å²) in [6, 6.07) is 0.524. The van der Waals surface area contributed by atoms with Gasteiger partial charge in [-0.2, -0.15) is 0 Å². The second-order valence-electron chi connectivity index (χ2n) is 7.07. The number of likely N-dealkylation sites (N-methyl/N-ethyl adjacent to an activating group) is 1. The first-order valence-corrected chi connectivity index (χ1v) is 9.10. The Bertz CT molecular complexity index is 573. The van der Waals surface area contributed by atoms with Gasteiger partial charge in [0.15, 0.2) is 0 Å². The second-order valence-corrected chi connectivity index (χ2v) is 7.07. The van der Waals surface area contributed by atoms with Crippen LogP contribution < -0.4 is 0 Å². The minimum Gasteiger partial charge on any atom is -0.391 e. The van der Waals surface area contributed by atoms with E-state index in [-0.39, 0.29) is 18.4 Å². The average Bonchev–Trinajstić information content (AvgIpc) is 2.91. The third-order valence-corrected chi connectivity index (χ3v) is 5.54. The Kier molecular flexibility index (Phi) is 6.03. The fourth-order valence-corrected chi connectivity index (χ4v) is 3.83. The molecule has 8 heteroatoms. The van der Waals surface area contributed by atoms with Gasteiger partial charge in [0, 0.05) is 38.4 Å². The Hall–Kier alpha value is -1.51. The molecule has 2 aliphatic heterocycles. The molecule has 0 aromatic carbocycles. The van der Waals surface area contributed by atoms with E-state index in [1.807, 2.05) is 4.90 Å². The molecular formula is C17H28N4O4. The molecule has 0 aliphatic carbocycles. The van der Waals surface area contributed by atoms with Crippen LogP contribution in [-0.4, -0.2) is 82.7 Å². The SMILES string of the molecule is Cc1nonc1CC(=O)N1CC[C@H](O)[C@@H](N(C)C2CCOCC2)CC1. The van der Waals surface area contributed by atoms with E-state index < -0.39 is 6.10 Å². The summed E-state index contributed by atoms with van der Waals surface area (Å²) in [6.07, 6.45) is 3.16. The van der Waals surface area contributed by atoms with Crippen molar-refractivity contribution in [3.63, 3.8) is 0 Å². The van der Waals surface area contributed by atoms with Crippen LogP contribution in [0.25, 0.3) is 0 Å². The van der Waals surface area contributed by atoms with Crippen LogP contribution in [0.1, 0.15) is 37.1 Å². The predicted octanol–water partition coefficient (Wildman–Crippen LogP) is 0.383. The topological polar surface area (TPSA) is 91.9 Å². The Morgan fingerprint density at radius 3 is 2.64 bits per heavy atom. The Balaban J connectivity index is 1.58. The van der Waals surface area contributed by atoms with Crippen molar-refractivity contribution in [1.29, 1.82) is 0 Å². The van der Waals surface area contributed by atoms with Crippen molar-refractivity contribution >= 4 is 5.91 Å². The molecule has 2 saturated heterocycles. The van der Waals surface area contributed by atoms with Crippen LogP contribution in [0.5, 0.6) is 0 Å². The van der Waals surface area contributed by atoms with E-state index in [0.29, 0.717) is 36.9 Å². The molecule has 0 saturated carbocycles. The number of nitrogens with zero attached hydrogens (tertiary/aromatic N) is 4. The number of likely N-dealkylation sites (tertiary alicyclic amines) is 1. The molecule has 0 spiro atoms. The lowest BCUT2D eigenvalue weighted by molar-refractivity contribution is -0.130. The third kappa shape index (κ3) is 4.37. The monoisotopic (exact) mass is 352 g/mol. The molecule has 1 N–H and O–H groups in total. The number of aryl methyl sites for hydroxylation is 1. The number of hydrogen-bond donors (Lipinski definition) is 1. The molecule has 140 valence electrons. The summed E-state index contributed by atoms with van der Waals surface area (Å²) in [5.74, 6) is 0.0142. The number of aromatic nitrogens is 2. The Morgan fingerprint density at radius 1 is 1.24 bits per heavy atom. The van der Waals surface area contributed by atoms with Gasteiger partial charge < -0.3 is 14.7 Å². The summed E-state index contributed by atoms with van der Waals surface area (Å²) >= 11 is 0. The van der Waals surface area contributed by atoms with Gasteiger partial charge in [0.1, 0.15) is 11.4 Å². The number of aliphatic hydroxyl groups is 1. The van der Waals surface area contributed by atoms with E-state index in [2.05, 4.69) is 26.9 Å². The van der Waals surface area contributed by atoms with Crippen molar-refractivity contribution in [2.75, 3.05) is 33.4 Å². The van der Waals surface area contributed by atoms with Crippen LogP contribution >= 0.6 is 0 Å². The van der Waals surface area contributed by atoms with Gasteiger partial charge in [0.05, 0.1) is 12.5 Å². The summed E-state index contributed by atoms with van der Waals surface area (Å²) in [5.41, 5.74) is 1.24. The fraction of sp³-hybridized carbons (Fsp3) is 0.824. The Morgan fingerprint density at radius 2 is 1.96 bits per heavy atom. The van der Waals surface area contributed by atoms with Gasteiger partial charge in [-0.1, -0.05) is 10.3 Å². The summed E-state index contributed by atoms with van der Waals surface area (Å²) in [4.78, 5) is 16.7. The highest BCUT2D eigenvalue weighted by Gasteiger charge is 2.33. The van der Waals surface area contributed by atoms with E-state index >= 15 is 0 Å². The number of ether oxygens (including phenoxy) is 1. The maximum Gasteiger partial charge on any atom is 0.228 e. The van der Waals surface area contributed by atoms with E-state index in [1.54, 1.807) is 6.92 Å². The standard InChI is InChI=1S/C17H28N4O4/c1-12-14(19-25-18-12)11-17(23)21-7-3-15(16(22)4-8-21)20(2)13-5-9-24-10-6-13/h13,15-16,22H,3-11H2,1-2H3/t15-,16-/m0/s1. The number of amides is 1. The lowest BCUT2D eigenvalue weighted by atomic mass is 9.99. The molecule has 2 aliphatic rings. The van der Waals surface area contributed by atoms with Crippen molar-refractivity contribution in [2.45, 2.75) is 57.2 Å². The van der Waals surface area contributed by atoms with E-state index in [4.69, 9.17) is 4.74 Å². The van der Waals surface area contributed by atoms with Gasteiger partial charge in [0.25, 0.3) is 0 Å². The summed E-state index contributed by atoms with van der Waals surface area (Å²) < 4.78 is 10.1. The molecule has 3 rings (SSSR count). The number of carbonyl (C=O) groups is 1. The quantitative estimate of drug-likeness (QED) is 0.838. The van der Waals surface area contributed by atoms with Crippen molar-refractivity contribution in [3.05, 3.63) is 11.4 Å². The van der Waals surface area contributed by atoms with Gasteiger partial charge in [-0.05, 0) is 39.7 Å². The molecule has 0 bridgehead atoms. The summed E-state index contributed by atoms with van der Waals surface area (Å²) in [6.45, 7) is 4.58. The van der Waals surface area contributed by atoms with Crippen LogP contribution in [0, 0.1) is 6.92 Å². The first-order chi connectivity index (χ1) is 12.1. The molecule has 1 amide bonds. The first-order valence-electron chi connectivity index (χ1n) is 9.10. The zero-order valence-electron chi connectivity index (χ0n) is 15.1. The minimum atomic E-state index is -0.416. The number of carbonyl (C=O) groups excluding carboxylic acids is 1. The van der Waals surface area contributed by atoms with Gasteiger partial charge in [-0.15, -0.1) is 0 Å². The third-order valence-electron chi connectivity index (χ3n) is 5.54. The minimum absolute atomic E-state index is 0.0142. The van der Waals surface area contributed by atoms with E-state index in [0.717, 1.165) is 32.5 Å². The lowest BCUT2D eigenvalue weighted by Crippen LogP contribution is -2.48. The molecule has 1 aromatic rings. The van der Waals surface area contributed by atoms with Gasteiger partial charge in [0.2, 0.25) is 5.91 Å². The highest BCUT2D eigenvalue weighted by Crippen LogP contribution is 2.23. The van der Waals surface area contributed by atoms with Gasteiger partial charge >= 0.3 is 0 Å². The second kappa shape index (κ2) is 8.25. The number of hydrogen-bond acceptors (Lipinski definition) is 7. The normalized spacial score (nSPS) is 26.0. The van der Waals surface area contributed by atoms with Crippen LogP contribution in [0.4, 0.5) is 0 Å². The Labute approximate surface area is 148 Å². The molecule has 8 nitrogen and oxygen atoms in total. The highest BCUT2D eigenvalue weighted by atomic mass is 16.6. The number of rotatable bonds is 4. The van der Waals surface area contributed by atoms with Crippen LogP contribution in [0.2, 0.25) is 0 Å². The fourth-order valence-electron chi connectivity index (χ4n) is 3.83. The molecule has 0 radical (unpaired) electrons. The maximum atomic E-state index is 12.6. The predicted molar refractivity (Wildman–Crippen MR) is 90.0 cm³/mol. The van der Waals surface area contributed by atoms with Crippen molar-refractivity contribution in [3.8, 4) is 0 Å². The molecule has 2 atom stereocenters. The zero-order chi connectivity index (χ0) is 17.8. The van der Waals surface area contributed by atoms with Gasteiger partial charge in [-0.3, -0.25) is 9.69 Å². The smallest absolute Gasteiger partial charge is 0.228 e. The van der Waals surface area contributed by atoms with Crippen LogP contribution in [0.15, 0.2) is 4.63 Å². The van der Waals surface area contributed by atoms with Gasteiger partial charge in [-0.25, -0.2) is 4.63 Å². The highest BCUT2D eigenvalue weighted by molar-refractivity contribution is 5.78. The molecule has 3 heterocycles. The van der Waals surface area contributed by atoms with Crippen LogP contribution in [-0.2, 0) is 16.0 Å². The molecule has 2 fully saturated rings. The summed E-state index contributed by atoms with van der Waals surface area (Å²) in [5, 5.41) is 18.1. The van der Waals surface area contributed by atoms with Crippen molar-refractivity contribution in [1.82, 2.24) is 20.1 Å². The van der Waals surface area contributed by atoms with E-state index in [1.165, 1.54) is 0 Å². The van der Waals surface area contributed by atoms with Crippen molar-refractivity contribution in [2.24, 2.45) is 0 Å². The zero-order valence-corrected chi connectivity index (χ0v) is 15.1. The molecular weight excluding hydrogens is 324 g/mol. The average molecular weight is 352 g/mol. The van der Waals surface area contributed by atoms with Crippen molar-refractivity contribution < 1.29 is 19.3 Å². The molecule has 0 unspecified atom stereocenters. The summed E-state index contributed by atoms with van der Waals surface area (Å²) in [7, 11) is 2.09. The number of aliphatic hydroxyl groups excluding tert-OH is 1. The largest absolute Gasteiger partial charge is 0.391 e. The molecule has 1 aromatic heterocycles.